The van der Waals surface area contributed by atoms with Gasteiger partial charge in [0, 0.05) is 18.7 Å². The molecule has 0 bridgehead atoms. The molecule has 2 heterocycles. The van der Waals surface area contributed by atoms with Crippen molar-refractivity contribution in [2.45, 2.75) is 33.2 Å². The van der Waals surface area contributed by atoms with Gasteiger partial charge in [0.25, 0.3) is 0 Å². The second-order valence-electron chi connectivity index (χ2n) is 4.84. The fourth-order valence-electron chi connectivity index (χ4n) is 2.41. The van der Waals surface area contributed by atoms with Crippen LogP contribution in [0, 0.1) is 19.8 Å². The van der Waals surface area contributed by atoms with Crippen LogP contribution in [0.1, 0.15) is 29.9 Å². The minimum absolute atomic E-state index is 0.345. The highest BCUT2D eigenvalue weighted by Crippen LogP contribution is 2.21. The highest BCUT2D eigenvalue weighted by atomic mass is 16.3. The fraction of sp³-hybridized carbons (Fsp3) is 0.692. The number of furan rings is 1. The molecule has 16 heavy (non-hydrogen) atoms. The van der Waals surface area contributed by atoms with Crippen molar-refractivity contribution < 1.29 is 9.52 Å². The van der Waals surface area contributed by atoms with Crippen molar-refractivity contribution in [2.24, 2.45) is 5.92 Å². The smallest absolute Gasteiger partial charge is 0.105 e. The summed E-state index contributed by atoms with van der Waals surface area (Å²) in [6.45, 7) is 7.54. The van der Waals surface area contributed by atoms with Gasteiger partial charge in [-0.3, -0.25) is 4.90 Å². The molecule has 0 aliphatic carbocycles. The lowest BCUT2D eigenvalue weighted by molar-refractivity contribution is 0.127. The van der Waals surface area contributed by atoms with Crippen LogP contribution in [0.5, 0.6) is 0 Å². The summed E-state index contributed by atoms with van der Waals surface area (Å²) in [6, 6.07) is 2.13. The molecule has 1 aromatic heterocycles. The van der Waals surface area contributed by atoms with Crippen LogP contribution < -0.4 is 0 Å². The van der Waals surface area contributed by atoms with Gasteiger partial charge in [-0.2, -0.15) is 0 Å². The first-order valence-corrected chi connectivity index (χ1v) is 6.08. The lowest BCUT2D eigenvalue weighted by Gasteiger charge is -2.30. The zero-order chi connectivity index (χ0) is 11.5. The predicted octanol–water partition coefficient (Wildman–Crippen LogP) is 2.10. The molecule has 2 rings (SSSR count). The van der Waals surface area contributed by atoms with E-state index in [9.17, 15) is 0 Å². The molecule has 90 valence electrons. The van der Waals surface area contributed by atoms with Crippen LogP contribution >= 0.6 is 0 Å². The number of rotatable bonds is 3. The van der Waals surface area contributed by atoms with Crippen molar-refractivity contribution in [1.29, 1.82) is 0 Å². The lowest BCUT2D eigenvalue weighted by Crippen LogP contribution is -2.34. The quantitative estimate of drug-likeness (QED) is 0.852. The number of aliphatic hydroxyl groups is 1. The van der Waals surface area contributed by atoms with Crippen molar-refractivity contribution in [3.63, 3.8) is 0 Å². The molecule has 0 atom stereocenters. The highest BCUT2D eigenvalue weighted by Gasteiger charge is 2.19. The number of likely N-dealkylation sites (tertiary alicyclic amines) is 1. The first kappa shape index (κ1) is 11.7. The zero-order valence-corrected chi connectivity index (χ0v) is 10.2. The van der Waals surface area contributed by atoms with Gasteiger partial charge in [0.2, 0.25) is 0 Å². The third kappa shape index (κ3) is 2.66. The maximum absolute atomic E-state index is 9.08. The molecule has 3 nitrogen and oxygen atoms in total. The fourth-order valence-corrected chi connectivity index (χ4v) is 2.41. The van der Waals surface area contributed by atoms with E-state index in [2.05, 4.69) is 11.0 Å². The van der Waals surface area contributed by atoms with E-state index in [0.29, 0.717) is 12.5 Å². The van der Waals surface area contributed by atoms with E-state index in [1.54, 1.807) is 0 Å². The van der Waals surface area contributed by atoms with Crippen molar-refractivity contribution in [3.05, 3.63) is 23.2 Å². The second kappa shape index (κ2) is 5.02. The first-order valence-electron chi connectivity index (χ1n) is 6.08. The monoisotopic (exact) mass is 223 g/mol. The Bertz CT molecular complexity index is 338. The summed E-state index contributed by atoms with van der Waals surface area (Å²) in [4.78, 5) is 2.45. The van der Waals surface area contributed by atoms with Gasteiger partial charge in [-0.1, -0.05) is 0 Å². The van der Waals surface area contributed by atoms with Crippen LogP contribution in [-0.4, -0.2) is 29.7 Å². The number of nitrogens with zero attached hydrogens (tertiary/aromatic N) is 1. The van der Waals surface area contributed by atoms with Crippen molar-refractivity contribution >= 4 is 0 Å². The van der Waals surface area contributed by atoms with Gasteiger partial charge < -0.3 is 9.52 Å². The van der Waals surface area contributed by atoms with Crippen molar-refractivity contribution in [2.75, 3.05) is 19.7 Å². The molecule has 3 heteroatoms. The SMILES string of the molecule is Cc1cc(CN2CCC(CO)CC2)c(C)o1. The summed E-state index contributed by atoms with van der Waals surface area (Å²) < 4.78 is 5.53. The van der Waals surface area contributed by atoms with E-state index in [4.69, 9.17) is 9.52 Å². The Morgan fingerprint density at radius 2 is 2.06 bits per heavy atom. The molecule has 0 spiro atoms. The number of aliphatic hydroxyl groups excluding tert-OH is 1. The molecule has 0 saturated carbocycles. The van der Waals surface area contributed by atoms with Crippen molar-refractivity contribution in [3.8, 4) is 0 Å². The Hall–Kier alpha value is -0.800. The summed E-state index contributed by atoms with van der Waals surface area (Å²) in [5.74, 6) is 2.56. The Balaban J connectivity index is 1.89. The maximum atomic E-state index is 9.08. The normalized spacial score (nSPS) is 19.2. The molecule has 1 saturated heterocycles. The molecule has 1 aliphatic rings. The summed E-state index contributed by atoms with van der Waals surface area (Å²) in [5, 5.41) is 9.08. The summed E-state index contributed by atoms with van der Waals surface area (Å²) >= 11 is 0. The molecule has 1 N–H and O–H groups in total. The molecule has 0 aromatic carbocycles. The molecular weight excluding hydrogens is 202 g/mol. The Morgan fingerprint density at radius 1 is 1.38 bits per heavy atom. The van der Waals surface area contributed by atoms with E-state index in [0.717, 1.165) is 44.0 Å². The minimum atomic E-state index is 0.345. The van der Waals surface area contributed by atoms with Gasteiger partial charge in [0.1, 0.15) is 11.5 Å². The standard InChI is InChI=1S/C13H21NO2/c1-10-7-13(11(2)16-10)8-14-5-3-12(9-15)4-6-14/h7,12,15H,3-6,8-9H2,1-2H3. The van der Waals surface area contributed by atoms with E-state index in [1.807, 2.05) is 13.8 Å². The lowest BCUT2D eigenvalue weighted by atomic mass is 9.97. The molecule has 1 aliphatic heterocycles. The topological polar surface area (TPSA) is 36.6 Å². The van der Waals surface area contributed by atoms with Crippen LogP contribution in [0.3, 0.4) is 0 Å². The molecule has 1 fully saturated rings. The zero-order valence-electron chi connectivity index (χ0n) is 10.2. The van der Waals surface area contributed by atoms with Crippen LogP contribution in [0.4, 0.5) is 0 Å². The van der Waals surface area contributed by atoms with E-state index in [1.165, 1.54) is 5.56 Å². The van der Waals surface area contributed by atoms with Gasteiger partial charge in [-0.05, 0) is 51.8 Å². The van der Waals surface area contributed by atoms with Crippen LogP contribution in [-0.2, 0) is 6.54 Å². The molecule has 0 unspecified atom stereocenters. The molecular formula is C13H21NO2. The number of aryl methyl sites for hydroxylation is 2. The Kier molecular flexibility index (Phi) is 3.66. The third-order valence-corrected chi connectivity index (χ3v) is 3.50. The van der Waals surface area contributed by atoms with Gasteiger partial charge in [-0.15, -0.1) is 0 Å². The summed E-state index contributed by atoms with van der Waals surface area (Å²) in [7, 11) is 0. The molecule has 0 amide bonds. The van der Waals surface area contributed by atoms with E-state index < -0.39 is 0 Å². The minimum Gasteiger partial charge on any atom is -0.466 e. The van der Waals surface area contributed by atoms with Gasteiger partial charge in [0.15, 0.2) is 0 Å². The average molecular weight is 223 g/mol. The number of hydrogen-bond donors (Lipinski definition) is 1. The third-order valence-electron chi connectivity index (χ3n) is 3.50. The number of piperidine rings is 1. The largest absolute Gasteiger partial charge is 0.466 e. The van der Waals surface area contributed by atoms with Gasteiger partial charge in [-0.25, -0.2) is 0 Å². The summed E-state index contributed by atoms with van der Waals surface area (Å²) in [5.41, 5.74) is 1.31. The molecule has 0 radical (unpaired) electrons. The van der Waals surface area contributed by atoms with Gasteiger partial charge in [0.05, 0.1) is 0 Å². The van der Waals surface area contributed by atoms with E-state index >= 15 is 0 Å². The first-order chi connectivity index (χ1) is 7.69. The molecule has 1 aromatic rings. The van der Waals surface area contributed by atoms with Crippen molar-refractivity contribution in [1.82, 2.24) is 4.90 Å². The highest BCUT2D eigenvalue weighted by molar-refractivity contribution is 5.19. The summed E-state index contributed by atoms with van der Waals surface area (Å²) in [6.07, 6.45) is 2.23. The second-order valence-corrected chi connectivity index (χ2v) is 4.84. The Labute approximate surface area is 97.1 Å². The maximum Gasteiger partial charge on any atom is 0.105 e. The predicted molar refractivity (Wildman–Crippen MR) is 63.3 cm³/mol. The number of hydrogen-bond acceptors (Lipinski definition) is 3. The van der Waals surface area contributed by atoms with E-state index in [-0.39, 0.29) is 0 Å². The van der Waals surface area contributed by atoms with Gasteiger partial charge >= 0.3 is 0 Å². The van der Waals surface area contributed by atoms with Crippen LogP contribution in [0.25, 0.3) is 0 Å². The van der Waals surface area contributed by atoms with Crippen LogP contribution in [0.2, 0.25) is 0 Å². The average Bonchev–Trinajstić information content (AvgIpc) is 2.59. The Morgan fingerprint density at radius 3 is 2.56 bits per heavy atom. The van der Waals surface area contributed by atoms with Crippen LogP contribution in [0.15, 0.2) is 10.5 Å².